The first-order valence-corrected chi connectivity index (χ1v) is 8.41. The van der Waals surface area contributed by atoms with Gasteiger partial charge in [-0.2, -0.15) is 4.57 Å². The number of fused-ring (bicyclic) bond motifs is 4. The van der Waals surface area contributed by atoms with Gasteiger partial charge in [-0.15, -0.1) is 0 Å². The van der Waals surface area contributed by atoms with Crippen LogP contribution in [0.2, 0.25) is 0 Å². The normalized spacial score (nSPS) is 12.5. The van der Waals surface area contributed by atoms with Gasteiger partial charge < -0.3 is 14.2 Å². The summed E-state index contributed by atoms with van der Waals surface area (Å²) in [5, 5.41) is 2.40. The second kappa shape index (κ2) is 5.96. The van der Waals surface area contributed by atoms with E-state index in [1.54, 1.807) is 21.3 Å². The highest BCUT2D eigenvalue weighted by molar-refractivity contribution is 5.87. The third-order valence-electron chi connectivity index (χ3n) is 5.00. The summed E-state index contributed by atoms with van der Waals surface area (Å²) in [6.07, 6.45) is 3.21. The van der Waals surface area contributed by atoms with E-state index in [0.29, 0.717) is 0 Å². The van der Waals surface area contributed by atoms with Crippen molar-refractivity contribution in [2.24, 2.45) is 0 Å². The molecule has 0 saturated heterocycles. The monoisotopic (exact) mass is 336 g/mol. The molecule has 0 aliphatic carbocycles. The first-order chi connectivity index (χ1) is 12.1. The maximum atomic E-state index is 5.50. The van der Waals surface area contributed by atoms with Crippen molar-refractivity contribution in [2.45, 2.75) is 19.9 Å². The predicted octanol–water partition coefficient (Wildman–Crippen LogP) is 3.68. The van der Waals surface area contributed by atoms with Crippen LogP contribution < -0.4 is 18.8 Å². The van der Waals surface area contributed by atoms with Crippen LogP contribution in [0.25, 0.3) is 22.0 Å². The highest BCUT2D eigenvalue weighted by Crippen LogP contribution is 2.37. The molecule has 0 saturated carbocycles. The summed E-state index contributed by atoms with van der Waals surface area (Å²) in [7, 11) is 5.07. The van der Waals surface area contributed by atoms with E-state index in [-0.39, 0.29) is 0 Å². The molecule has 1 aromatic heterocycles. The molecule has 4 nitrogen and oxygen atoms in total. The molecule has 2 heterocycles. The zero-order valence-electron chi connectivity index (χ0n) is 15.1. The maximum Gasteiger partial charge on any atom is 0.213 e. The number of hydrogen-bond acceptors (Lipinski definition) is 3. The van der Waals surface area contributed by atoms with Crippen LogP contribution in [0.1, 0.15) is 11.1 Å². The van der Waals surface area contributed by atoms with Crippen LogP contribution in [-0.2, 0) is 13.0 Å². The van der Waals surface area contributed by atoms with Gasteiger partial charge in [0.15, 0.2) is 24.2 Å². The van der Waals surface area contributed by atoms with Gasteiger partial charge in [0.2, 0.25) is 5.69 Å². The summed E-state index contributed by atoms with van der Waals surface area (Å²) in [5.41, 5.74) is 4.83. The van der Waals surface area contributed by atoms with Crippen molar-refractivity contribution in [3.8, 4) is 28.5 Å². The van der Waals surface area contributed by atoms with Crippen LogP contribution in [0.3, 0.4) is 0 Å². The molecule has 4 heteroatoms. The van der Waals surface area contributed by atoms with Gasteiger partial charge in [0.25, 0.3) is 0 Å². The maximum absolute atomic E-state index is 5.50. The average molecular weight is 336 g/mol. The van der Waals surface area contributed by atoms with Crippen LogP contribution in [-0.4, -0.2) is 21.3 Å². The lowest BCUT2D eigenvalue weighted by Gasteiger charge is -2.18. The minimum Gasteiger partial charge on any atom is -0.496 e. The number of aromatic nitrogens is 1. The summed E-state index contributed by atoms with van der Waals surface area (Å²) in [6.45, 7) is 3.04. The Morgan fingerprint density at radius 3 is 2.24 bits per heavy atom. The third kappa shape index (κ3) is 2.49. The summed E-state index contributed by atoms with van der Waals surface area (Å²) in [5.74, 6) is 2.46. The van der Waals surface area contributed by atoms with Crippen molar-refractivity contribution in [3.05, 3.63) is 47.7 Å². The molecule has 3 aromatic rings. The second-order valence-corrected chi connectivity index (χ2v) is 6.42. The fourth-order valence-corrected chi connectivity index (χ4v) is 3.68. The van der Waals surface area contributed by atoms with E-state index in [1.165, 1.54) is 27.6 Å². The van der Waals surface area contributed by atoms with E-state index in [4.69, 9.17) is 14.2 Å². The molecule has 2 aromatic carbocycles. The molecule has 0 N–H and O–H groups in total. The van der Waals surface area contributed by atoms with Crippen LogP contribution in [0, 0.1) is 6.92 Å². The molecule has 0 spiro atoms. The van der Waals surface area contributed by atoms with Gasteiger partial charge in [-0.25, -0.2) is 0 Å². The minimum absolute atomic E-state index is 0.760. The number of ether oxygens (including phenoxy) is 3. The summed E-state index contributed by atoms with van der Waals surface area (Å²) in [4.78, 5) is 0. The fourth-order valence-electron chi connectivity index (χ4n) is 3.68. The number of methoxy groups -OCH3 is 3. The van der Waals surface area contributed by atoms with Crippen molar-refractivity contribution in [3.63, 3.8) is 0 Å². The number of benzene rings is 2. The van der Waals surface area contributed by atoms with Gasteiger partial charge in [0, 0.05) is 17.9 Å². The van der Waals surface area contributed by atoms with Crippen molar-refractivity contribution < 1.29 is 18.8 Å². The van der Waals surface area contributed by atoms with Crippen molar-refractivity contribution in [1.82, 2.24) is 0 Å². The Kier molecular flexibility index (Phi) is 3.75. The Hall–Kier alpha value is -2.75. The zero-order chi connectivity index (χ0) is 17.6. The SMILES string of the molecule is COc1cc2cc3[n+](cc2cc1C)CCc1cc(OC)c(OC)cc1-3. The topological polar surface area (TPSA) is 31.6 Å². The Balaban J connectivity index is 1.95. The first kappa shape index (κ1) is 15.8. The van der Waals surface area contributed by atoms with Gasteiger partial charge in [0.05, 0.1) is 26.9 Å². The standard InChI is InChI=1S/C21H22NO3/c1-13-7-16-12-22-6-5-14-9-20(24-3)21(25-4)11-17(14)18(22)8-15(16)10-19(13)23-2/h7-12H,5-6H2,1-4H3/q+1. The van der Waals surface area contributed by atoms with E-state index in [9.17, 15) is 0 Å². The van der Waals surface area contributed by atoms with E-state index in [1.807, 2.05) is 0 Å². The van der Waals surface area contributed by atoms with Crippen LogP contribution >= 0.6 is 0 Å². The van der Waals surface area contributed by atoms with E-state index < -0.39 is 0 Å². The molecule has 0 bridgehead atoms. The van der Waals surface area contributed by atoms with Crippen LogP contribution in [0.4, 0.5) is 0 Å². The van der Waals surface area contributed by atoms with Crippen LogP contribution in [0.15, 0.2) is 36.5 Å². The smallest absolute Gasteiger partial charge is 0.213 e. The van der Waals surface area contributed by atoms with Gasteiger partial charge >= 0.3 is 0 Å². The van der Waals surface area contributed by atoms with Gasteiger partial charge in [-0.05, 0) is 47.7 Å². The Labute approximate surface area is 147 Å². The van der Waals surface area contributed by atoms with Gasteiger partial charge in [-0.1, -0.05) is 0 Å². The minimum atomic E-state index is 0.760. The summed E-state index contributed by atoms with van der Waals surface area (Å²) < 4.78 is 18.8. The second-order valence-electron chi connectivity index (χ2n) is 6.42. The molecule has 0 amide bonds. The molecule has 0 unspecified atom stereocenters. The molecule has 128 valence electrons. The lowest BCUT2D eigenvalue weighted by molar-refractivity contribution is -0.686. The molecule has 1 aliphatic heterocycles. The summed E-state index contributed by atoms with van der Waals surface area (Å²) in [6, 6.07) is 10.7. The van der Waals surface area contributed by atoms with Crippen LogP contribution in [0.5, 0.6) is 17.2 Å². The zero-order valence-corrected chi connectivity index (χ0v) is 15.1. The lowest BCUT2D eigenvalue weighted by atomic mass is 9.95. The number of pyridine rings is 1. The number of rotatable bonds is 3. The quantitative estimate of drug-likeness (QED) is 0.684. The number of nitrogens with zero attached hydrogens (tertiary/aromatic N) is 1. The Morgan fingerprint density at radius 2 is 1.52 bits per heavy atom. The molecule has 0 atom stereocenters. The largest absolute Gasteiger partial charge is 0.496 e. The number of aryl methyl sites for hydroxylation is 3. The molecular formula is C21H22NO3+. The van der Waals surface area contributed by atoms with E-state index >= 15 is 0 Å². The van der Waals surface area contributed by atoms with E-state index in [0.717, 1.165) is 35.8 Å². The predicted molar refractivity (Wildman–Crippen MR) is 97.7 cm³/mol. The molecule has 25 heavy (non-hydrogen) atoms. The highest BCUT2D eigenvalue weighted by Gasteiger charge is 2.26. The Morgan fingerprint density at radius 1 is 0.800 bits per heavy atom. The molecule has 0 fully saturated rings. The third-order valence-corrected chi connectivity index (χ3v) is 5.00. The fraction of sp³-hybridized carbons (Fsp3) is 0.286. The molecule has 4 rings (SSSR count). The molecule has 1 aliphatic rings. The lowest BCUT2D eigenvalue weighted by Crippen LogP contribution is -2.40. The van der Waals surface area contributed by atoms with Gasteiger partial charge in [0.1, 0.15) is 5.75 Å². The molecular weight excluding hydrogens is 314 g/mol. The highest BCUT2D eigenvalue weighted by atomic mass is 16.5. The van der Waals surface area contributed by atoms with Crippen molar-refractivity contribution >= 4 is 10.8 Å². The summed E-state index contributed by atoms with van der Waals surface area (Å²) >= 11 is 0. The van der Waals surface area contributed by atoms with E-state index in [2.05, 4.69) is 48.0 Å². The van der Waals surface area contributed by atoms with Crippen molar-refractivity contribution in [2.75, 3.05) is 21.3 Å². The van der Waals surface area contributed by atoms with Gasteiger partial charge in [-0.3, -0.25) is 0 Å². The molecule has 0 radical (unpaired) electrons. The number of hydrogen-bond donors (Lipinski definition) is 0. The van der Waals surface area contributed by atoms with Crippen molar-refractivity contribution in [1.29, 1.82) is 0 Å². The first-order valence-electron chi connectivity index (χ1n) is 8.41. The average Bonchev–Trinajstić information content (AvgIpc) is 2.64. The Bertz CT molecular complexity index is 979.